The zero-order valence-electron chi connectivity index (χ0n) is 13.9. The maximum atomic E-state index is 12.4. The lowest BCUT2D eigenvalue weighted by atomic mass is 9.78. The second-order valence-electron chi connectivity index (χ2n) is 6.31. The average molecular weight is 377 g/mol. The van der Waals surface area contributed by atoms with E-state index in [1.807, 2.05) is 0 Å². The maximum Gasteiger partial charge on any atom is 0.451 e. The topological polar surface area (TPSA) is 203 Å². The molecule has 4 atom stereocenters. The molecule has 0 aromatic heterocycles. The molecule has 0 radical (unpaired) electrons. The van der Waals surface area contributed by atoms with Crippen molar-refractivity contribution < 1.29 is 28.4 Å². The number of hydrogen-bond acceptors (Lipinski definition) is 8. The molecule has 0 unspecified atom stereocenters. The van der Waals surface area contributed by atoms with Crippen LogP contribution in [-0.2, 0) is 15.0 Å². The lowest BCUT2D eigenvalue weighted by molar-refractivity contribution is -0.144. The Morgan fingerprint density at radius 1 is 1.56 bits per heavy atom. The van der Waals surface area contributed by atoms with Gasteiger partial charge in [0.15, 0.2) is 0 Å². The number of aliphatic carboxylic acids is 1. The fraction of sp³-hybridized carbons (Fsp3) is 0.833. The summed E-state index contributed by atoms with van der Waals surface area (Å²) in [7, 11) is -5.60. The van der Waals surface area contributed by atoms with Crippen LogP contribution in [0.2, 0.25) is 6.32 Å². The Balaban J connectivity index is 2.89. The van der Waals surface area contributed by atoms with Gasteiger partial charge in [-0.05, 0) is 19.7 Å². The first-order valence-corrected chi connectivity index (χ1v) is 9.19. The maximum absolute atomic E-state index is 12.4. The standard InChI is InChI=1S/C12H24BN5O6S/c1-8(10(15)5-14)17-25(23,24)18-6-9(3-2-4-13(21)22)12(16,7-18)11(19)20/h8-10,17,21-22H,2-4,6-7,15-16H2,1H3,(H,19,20)/t8-,9-,10-,12-/m0/s1. The van der Waals surface area contributed by atoms with E-state index in [0.29, 0.717) is 0 Å². The largest absolute Gasteiger partial charge is 0.480 e. The molecule has 1 saturated heterocycles. The number of hydrogen-bond donors (Lipinski definition) is 6. The Labute approximate surface area is 146 Å². The summed E-state index contributed by atoms with van der Waals surface area (Å²) in [5.74, 6) is -2.03. The van der Waals surface area contributed by atoms with Crippen LogP contribution in [0, 0.1) is 17.2 Å². The van der Waals surface area contributed by atoms with Crippen molar-refractivity contribution in [2.45, 2.75) is 43.7 Å². The second kappa shape index (κ2) is 8.41. The molecule has 0 aromatic rings. The number of nitrogens with one attached hydrogen (secondary N) is 1. The smallest absolute Gasteiger partial charge is 0.451 e. The second-order valence-corrected chi connectivity index (χ2v) is 8.02. The molecule has 0 saturated carbocycles. The van der Waals surface area contributed by atoms with Crippen molar-refractivity contribution in [3.8, 4) is 6.07 Å². The summed E-state index contributed by atoms with van der Waals surface area (Å²) >= 11 is 0. The lowest BCUT2D eigenvalue weighted by Gasteiger charge is -2.25. The number of carbonyl (C=O) groups is 1. The summed E-state index contributed by atoms with van der Waals surface area (Å²) in [6.07, 6.45) is 0.538. The van der Waals surface area contributed by atoms with Crippen LogP contribution in [0.1, 0.15) is 19.8 Å². The lowest BCUT2D eigenvalue weighted by Crippen LogP contribution is -2.56. The molecule has 0 aromatic carbocycles. The Morgan fingerprint density at radius 2 is 2.16 bits per heavy atom. The molecule has 8 N–H and O–H groups in total. The zero-order chi connectivity index (χ0) is 19.4. The Bertz CT molecular complexity index is 626. The SMILES string of the molecule is C[C@H](NS(=O)(=O)N1C[C@H](CCCB(O)O)[C@](N)(C(=O)O)C1)[C@@H](N)C#N. The predicted molar refractivity (Wildman–Crippen MR) is 89.0 cm³/mol. The van der Waals surface area contributed by atoms with Gasteiger partial charge in [-0.15, -0.1) is 0 Å². The van der Waals surface area contributed by atoms with Gasteiger partial charge in [0.25, 0.3) is 10.2 Å². The van der Waals surface area contributed by atoms with Crippen molar-refractivity contribution in [3.05, 3.63) is 0 Å². The first-order chi connectivity index (χ1) is 11.4. The van der Waals surface area contributed by atoms with Crippen molar-refractivity contribution in [1.82, 2.24) is 9.03 Å². The molecule has 1 fully saturated rings. The molecule has 1 aliphatic rings. The fourth-order valence-electron chi connectivity index (χ4n) is 2.71. The van der Waals surface area contributed by atoms with Crippen molar-refractivity contribution >= 4 is 23.3 Å². The van der Waals surface area contributed by atoms with Gasteiger partial charge in [-0.25, -0.2) is 0 Å². The van der Waals surface area contributed by atoms with E-state index in [-0.39, 0.29) is 25.7 Å². The molecule has 0 amide bonds. The molecular formula is C12H24BN5O6S. The summed E-state index contributed by atoms with van der Waals surface area (Å²) in [6.45, 7) is 0.862. The number of rotatable bonds is 9. The van der Waals surface area contributed by atoms with Gasteiger partial charge in [-0.1, -0.05) is 6.42 Å². The van der Waals surface area contributed by atoms with Crippen molar-refractivity contribution in [2.75, 3.05) is 13.1 Å². The fourth-order valence-corrected chi connectivity index (χ4v) is 4.24. The molecule has 0 aliphatic carbocycles. The van der Waals surface area contributed by atoms with E-state index in [0.717, 1.165) is 4.31 Å². The van der Waals surface area contributed by atoms with Gasteiger partial charge in [-0.2, -0.15) is 22.7 Å². The normalized spacial score (nSPS) is 26.8. The molecular weight excluding hydrogens is 353 g/mol. The molecule has 13 heteroatoms. The van der Waals surface area contributed by atoms with E-state index < -0.39 is 53.4 Å². The molecule has 1 aliphatic heterocycles. The summed E-state index contributed by atoms with van der Waals surface area (Å²) in [6, 6.07) is -0.194. The summed E-state index contributed by atoms with van der Waals surface area (Å²) in [5.41, 5.74) is 9.62. The third-order valence-corrected chi connectivity index (χ3v) is 5.99. The minimum Gasteiger partial charge on any atom is -0.480 e. The molecule has 1 rings (SSSR count). The minimum atomic E-state index is -4.08. The molecule has 11 nitrogen and oxygen atoms in total. The van der Waals surface area contributed by atoms with Crippen LogP contribution in [0.5, 0.6) is 0 Å². The van der Waals surface area contributed by atoms with Gasteiger partial charge in [0.1, 0.15) is 11.6 Å². The van der Waals surface area contributed by atoms with E-state index >= 15 is 0 Å². The number of carboxylic acids is 1. The average Bonchev–Trinajstić information content (AvgIpc) is 2.85. The summed E-state index contributed by atoms with van der Waals surface area (Å²) in [4.78, 5) is 11.6. The van der Waals surface area contributed by atoms with Crippen LogP contribution < -0.4 is 16.2 Å². The van der Waals surface area contributed by atoms with E-state index in [1.54, 1.807) is 6.07 Å². The number of nitrogens with zero attached hydrogens (tertiary/aromatic N) is 2. The van der Waals surface area contributed by atoms with Crippen LogP contribution in [-0.4, -0.2) is 71.7 Å². The highest BCUT2D eigenvalue weighted by Gasteiger charge is 2.52. The van der Waals surface area contributed by atoms with Crippen LogP contribution >= 0.6 is 0 Å². The molecule has 142 valence electrons. The Kier molecular flexibility index (Phi) is 7.33. The minimum absolute atomic E-state index is 0.0330. The van der Waals surface area contributed by atoms with E-state index in [1.165, 1.54) is 6.92 Å². The highest BCUT2D eigenvalue weighted by Crippen LogP contribution is 2.31. The van der Waals surface area contributed by atoms with Crippen molar-refractivity contribution in [1.29, 1.82) is 5.26 Å². The van der Waals surface area contributed by atoms with Gasteiger partial charge in [-0.3, -0.25) is 4.79 Å². The number of nitrogens with two attached hydrogens (primary N) is 2. The number of nitriles is 1. The molecule has 1 heterocycles. The van der Waals surface area contributed by atoms with Crippen molar-refractivity contribution in [2.24, 2.45) is 17.4 Å². The highest BCUT2D eigenvalue weighted by atomic mass is 32.2. The predicted octanol–water partition coefficient (Wildman–Crippen LogP) is -2.97. The Morgan fingerprint density at radius 3 is 2.64 bits per heavy atom. The quantitative estimate of drug-likeness (QED) is 0.227. The molecule has 25 heavy (non-hydrogen) atoms. The third-order valence-electron chi connectivity index (χ3n) is 4.37. The van der Waals surface area contributed by atoms with Crippen LogP contribution in [0.3, 0.4) is 0 Å². The van der Waals surface area contributed by atoms with E-state index in [9.17, 15) is 18.3 Å². The van der Waals surface area contributed by atoms with Gasteiger partial charge >= 0.3 is 13.1 Å². The third kappa shape index (κ3) is 5.35. The van der Waals surface area contributed by atoms with E-state index in [4.69, 9.17) is 26.8 Å². The zero-order valence-corrected chi connectivity index (χ0v) is 14.7. The molecule has 0 bridgehead atoms. The summed E-state index contributed by atoms with van der Waals surface area (Å²) < 4.78 is 28.0. The van der Waals surface area contributed by atoms with Crippen LogP contribution in [0.15, 0.2) is 0 Å². The van der Waals surface area contributed by atoms with Crippen LogP contribution in [0.25, 0.3) is 0 Å². The highest BCUT2D eigenvalue weighted by molar-refractivity contribution is 7.87. The Hall–Kier alpha value is -1.27. The monoisotopic (exact) mass is 377 g/mol. The van der Waals surface area contributed by atoms with Gasteiger partial charge in [0, 0.05) is 25.0 Å². The molecule has 0 spiro atoms. The van der Waals surface area contributed by atoms with Crippen LogP contribution in [0.4, 0.5) is 0 Å². The first-order valence-electron chi connectivity index (χ1n) is 7.75. The number of carboxylic acid groups (broad SMARTS) is 1. The first kappa shape index (κ1) is 21.8. The van der Waals surface area contributed by atoms with Gasteiger partial charge in [0.2, 0.25) is 0 Å². The summed E-state index contributed by atoms with van der Waals surface area (Å²) in [5, 5.41) is 35.9. The van der Waals surface area contributed by atoms with Gasteiger partial charge in [0.05, 0.1) is 6.07 Å². The van der Waals surface area contributed by atoms with Crippen molar-refractivity contribution in [3.63, 3.8) is 0 Å². The van der Waals surface area contributed by atoms with E-state index in [2.05, 4.69) is 4.72 Å². The van der Waals surface area contributed by atoms with Gasteiger partial charge < -0.3 is 26.6 Å².